The third-order valence-corrected chi connectivity index (χ3v) is 3.04. The second kappa shape index (κ2) is 2.63. The maximum Gasteiger partial charge on any atom is 0.121 e. The van der Waals surface area contributed by atoms with Crippen molar-refractivity contribution in [2.45, 2.75) is 26.3 Å². The highest BCUT2D eigenvalue weighted by molar-refractivity contribution is 5.14. The molecule has 1 fully saturated rings. The number of nitrogens with one attached hydrogen (secondary N) is 1. The molecule has 1 N–H and O–H groups in total. The molecule has 0 radical (unpaired) electrons. The molecule has 0 bridgehead atoms. The normalized spacial score (nSPS) is 34.7. The summed E-state index contributed by atoms with van der Waals surface area (Å²) in [7, 11) is 0. The topological polar surface area (TPSA) is 25.2 Å². The standard InChI is InChI=1S/C10H15NO/c1-3-10(2)7-11-9(10)8-5-4-6-12-8/h4-6,9,11H,3,7H2,1-2H3. The van der Waals surface area contributed by atoms with Crippen LogP contribution in [0.5, 0.6) is 0 Å². The van der Waals surface area contributed by atoms with E-state index >= 15 is 0 Å². The molecule has 66 valence electrons. The van der Waals surface area contributed by atoms with Gasteiger partial charge in [-0.1, -0.05) is 13.8 Å². The van der Waals surface area contributed by atoms with Crippen molar-refractivity contribution in [1.29, 1.82) is 0 Å². The van der Waals surface area contributed by atoms with E-state index < -0.39 is 0 Å². The molecular weight excluding hydrogens is 150 g/mol. The summed E-state index contributed by atoms with van der Waals surface area (Å²) >= 11 is 0. The highest BCUT2D eigenvalue weighted by atomic mass is 16.3. The van der Waals surface area contributed by atoms with Crippen molar-refractivity contribution in [3.8, 4) is 0 Å². The van der Waals surface area contributed by atoms with E-state index in [1.54, 1.807) is 6.26 Å². The van der Waals surface area contributed by atoms with Crippen molar-refractivity contribution in [3.05, 3.63) is 24.2 Å². The van der Waals surface area contributed by atoms with Crippen molar-refractivity contribution in [2.24, 2.45) is 5.41 Å². The van der Waals surface area contributed by atoms with Gasteiger partial charge in [-0.05, 0) is 18.6 Å². The maximum atomic E-state index is 5.37. The summed E-state index contributed by atoms with van der Waals surface area (Å²) in [6, 6.07) is 4.42. The van der Waals surface area contributed by atoms with Crippen LogP contribution in [-0.2, 0) is 0 Å². The fraction of sp³-hybridized carbons (Fsp3) is 0.600. The molecule has 2 nitrogen and oxygen atoms in total. The maximum absolute atomic E-state index is 5.37. The Morgan fingerprint density at radius 3 is 3.00 bits per heavy atom. The van der Waals surface area contributed by atoms with Gasteiger partial charge in [0, 0.05) is 12.0 Å². The molecule has 1 aliphatic rings. The Kier molecular flexibility index (Phi) is 1.72. The summed E-state index contributed by atoms with van der Waals surface area (Å²) < 4.78 is 5.37. The molecule has 0 saturated carbocycles. The average Bonchev–Trinajstić information content (AvgIpc) is 2.54. The number of hydrogen-bond donors (Lipinski definition) is 1. The fourth-order valence-electron chi connectivity index (χ4n) is 1.78. The summed E-state index contributed by atoms with van der Waals surface area (Å²) in [5.74, 6) is 1.07. The van der Waals surface area contributed by atoms with Crippen molar-refractivity contribution >= 4 is 0 Å². The Labute approximate surface area is 73.0 Å². The van der Waals surface area contributed by atoms with Crippen molar-refractivity contribution in [3.63, 3.8) is 0 Å². The molecule has 0 aromatic carbocycles. The lowest BCUT2D eigenvalue weighted by Crippen LogP contribution is -2.53. The van der Waals surface area contributed by atoms with Crippen LogP contribution in [0.3, 0.4) is 0 Å². The molecular formula is C10H15NO. The van der Waals surface area contributed by atoms with Gasteiger partial charge in [-0.15, -0.1) is 0 Å². The Morgan fingerprint density at radius 2 is 2.58 bits per heavy atom. The third-order valence-electron chi connectivity index (χ3n) is 3.04. The first kappa shape index (κ1) is 7.87. The van der Waals surface area contributed by atoms with Crippen LogP contribution in [0.4, 0.5) is 0 Å². The predicted molar refractivity (Wildman–Crippen MR) is 47.8 cm³/mol. The lowest BCUT2D eigenvalue weighted by Gasteiger charge is -2.46. The molecule has 0 aliphatic carbocycles. The summed E-state index contributed by atoms with van der Waals surface area (Å²) in [4.78, 5) is 0. The smallest absolute Gasteiger partial charge is 0.121 e. The van der Waals surface area contributed by atoms with Crippen LogP contribution in [0.25, 0.3) is 0 Å². The zero-order valence-electron chi connectivity index (χ0n) is 7.63. The Bertz CT molecular complexity index is 251. The SMILES string of the molecule is CCC1(C)CNC1c1ccco1. The van der Waals surface area contributed by atoms with Gasteiger partial charge in [-0.3, -0.25) is 0 Å². The van der Waals surface area contributed by atoms with Gasteiger partial charge < -0.3 is 9.73 Å². The van der Waals surface area contributed by atoms with E-state index in [1.807, 2.05) is 12.1 Å². The first-order chi connectivity index (χ1) is 5.76. The lowest BCUT2D eigenvalue weighted by molar-refractivity contribution is 0.0814. The molecule has 1 aromatic heterocycles. The first-order valence-electron chi connectivity index (χ1n) is 4.53. The lowest BCUT2D eigenvalue weighted by atomic mass is 9.72. The molecule has 2 heteroatoms. The van der Waals surface area contributed by atoms with Crippen LogP contribution in [0.15, 0.2) is 22.8 Å². The average molecular weight is 165 g/mol. The molecule has 0 spiro atoms. The minimum atomic E-state index is 0.401. The molecule has 2 rings (SSSR count). The Balaban J connectivity index is 2.17. The molecule has 12 heavy (non-hydrogen) atoms. The van der Waals surface area contributed by atoms with E-state index in [9.17, 15) is 0 Å². The van der Waals surface area contributed by atoms with Crippen molar-refractivity contribution in [1.82, 2.24) is 5.32 Å². The van der Waals surface area contributed by atoms with Gasteiger partial charge in [0.25, 0.3) is 0 Å². The molecule has 2 atom stereocenters. The predicted octanol–water partition coefficient (Wildman–Crippen LogP) is 2.34. The highest BCUT2D eigenvalue weighted by Crippen LogP contribution is 2.43. The van der Waals surface area contributed by atoms with Gasteiger partial charge >= 0.3 is 0 Å². The molecule has 2 heterocycles. The number of hydrogen-bond acceptors (Lipinski definition) is 2. The highest BCUT2D eigenvalue weighted by Gasteiger charge is 2.43. The van der Waals surface area contributed by atoms with E-state index in [4.69, 9.17) is 4.42 Å². The Hall–Kier alpha value is -0.760. The second-order valence-electron chi connectivity index (χ2n) is 3.84. The van der Waals surface area contributed by atoms with Crippen molar-refractivity contribution in [2.75, 3.05) is 6.54 Å². The van der Waals surface area contributed by atoms with Gasteiger partial charge in [-0.25, -0.2) is 0 Å². The first-order valence-corrected chi connectivity index (χ1v) is 4.53. The van der Waals surface area contributed by atoms with Crippen molar-refractivity contribution < 1.29 is 4.42 Å². The molecule has 1 aromatic rings. The van der Waals surface area contributed by atoms with Crippen LogP contribution in [0.1, 0.15) is 32.1 Å². The van der Waals surface area contributed by atoms with Gasteiger partial charge in [0.05, 0.1) is 12.3 Å². The molecule has 1 saturated heterocycles. The molecule has 1 aliphatic heterocycles. The van der Waals surface area contributed by atoms with E-state index in [0.29, 0.717) is 11.5 Å². The van der Waals surface area contributed by atoms with Crippen LogP contribution in [0.2, 0.25) is 0 Å². The van der Waals surface area contributed by atoms with E-state index in [1.165, 1.54) is 6.42 Å². The molecule has 2 unspecified atom stereocenters. The molecule has 0 amide bonds. The number of furan rings is 1. The van der Waals surface area contributed by atoms with Gasteiger partial charge in [-0.2, -0.15) is 0 Å². The van der Waals surface area contributed by atoms with E-state index in [-0.39, 0.29) is 0 Å². The fourth-order valence-corrected chi connectivity index (χ4v) is 1.78. The largest absolute Gasteiger partial charge is 0.468 e. The quantitative estimate of drug-likeness (QED) is 0.727. The van der Waals surface area contributed by atoms with Crippen LogP contribution in [0, 0.1) is 5.41 Å². The zero-order chi connectivity index (χ0) is 8.60. The van der Waals surface area contributed by atoms with Crippen LogP contribution < -0.4 is 5.32 Å². The van der Waals surface area contributed by atoms with E-state index in [0.717, 1.165) is 12.3 Å². The second-order valence-corrected chi connectivity index (χ2v) is 3.84. The minimum Gasteiger partial charge on any atom is -0.468 e. The van der Waals surface area contributed by atoms with Gasteiger partial charge in [0.2, 0.25) is 0 Å². The monoisotopic (exact) mass is 165 g/mol. The summed E-state index contributed by atoms with van der Waals surface area (Å²) in [6.45, 7) is 5.64. The van der Waals surface area contributed by atoms with Crippen LogP contribution in [-0.4, -0.2) is 6.54 Å². The third kappa shape index (κ3) is 0.985. The minimum absolute atomic E-state index is 0.401. The summed E-state index contributed by atoms with van der Waals surface area (Å²) in [5, 5.41) is 3.40. The summed E-state index contributed by atoms with van der Waals surface area (Å²) in [6.07, 6.45) is 2.94. The Morgan fingerprint density at radius 1 is 1.75 bits per heavy atom. The van der Waals surface area contributed by atoms with E-state index in [2.05, 4.69) is 19.2 Å². The van der Waals surface area contributed by atoms with Gasteiger partial charge in [0.1, 0.15) is 5.76 Å². The number of rotatable bonds is 2. The summed E-state index contributed by atoms with van der Waals surface area (Å²) in [5.41, 5.74) is 0.401. The van der Waals surface area contributed by atoms with Crippen LogP contribution >= 0.6 is 0 Å². The zero-order valence-corrected chi connectivity index (χ0v) is 7.63. The van der Waals surface area contributed by atoms with Gasteiger partial charge in [0.15, 0.2) is 0 Å².